The molecular formula is C15H9ClNO3-. The Hall–Kier alpha value is -2.33. The van der Waals surface area contributed by atoms with E-state index in [-0.39, 0.29) is 5.56 Å². The number of benzene rings is 1. The summed E-state index contributed by atoms with van der Waals surface area (Å²) in [5, 5.41) is 12.2. The third-order valence-corrected chi connectivity index (χ3v) is 3.22. The van der Waals surface area contributed by atoms with Gasteiger partial charge in [0.15, 0.2) is 5.76 Å². The number of carboxylic acids is 1. The first-order valence-corrected chi connectivity index (χ1v) is 6.31. The van der Waals surface area contributed by atoms with Gasteiger partial charge >= 0.3 is 0 Å². The summed E-state index contributed by atoms with van der Waals surface area (Å²) in [4.78, 5) is 15.7. The number of nitrogens with zero attached hydrogens (tertiary/aromatic N) is 1. The topological polar surface area (TPSA) is 66.2 Å². The second-order valence-electron chi connectivity index (χ2n) is 4.41. The van der Waals surface area contributed by atoms with Gasteiger partial charge in [0.25, 0.3) is 0 Å². The van der Waals surface area contributed by atoms with Crippen LogP contribution in [0.2, 0.25) is 5.02 Å². The highest BCUT2D eigenvalue weighted by atomic mass is 35.5. The van der Waals surface area contributed by atoms with Gasteiger partial charge in [-0.05, 0) is 43.3 Å². The number of halogens is 1. The molecule has 0 fully saturated rings. The molecule has 0 atom stereocenters. The lowest BCUT2D eigenvalue weighted by molar-refractivity contribution is -0.254. The largest absolute Gasteiger partial charge is 0.545 e. The summed E-state index contributed by atoms with van der Waals surface area (Å²) in [6.45, 7) is 1.81. The van der Waals surface area contributed by atoms with E-state index in [4.69, 9.17) is 16.0 Å². The normalized spacial score (nSPS) is 10.9. The molecule has 2 aromatic heterocycles. The maximum absolute atomic E-state index is 11.3. The van der Waals surface area contributed by atoms with Gasteiger partial charge in [-0.15, -0.1) is 0 Å². The van der Waals surface area contributed by atoms with Gasteiger partial charge in [0.05, 0.1) is 11.5 Å². The summed E-state index contributed by atoms with van der Waals surface area (Å²) < 4.78 is 5.48. The molecule has 0 saturated heterocycles. The van der Waals surface area contributed by atoms with Crippen molar-refractivity contribution in [2.75, 3.05) is 0 Å². The van der Waals surface area contributed by atoms with Crippen molar-refractivity contribution in [1.82, 2.24) is 4.98 Å². The number of hydrogen-bond donors (Lipinski definition) is 0. The number of fused-ring (bicyclic) bond motifs is 1. The van der Waals surface area contributed by atoms with Crippen molar-refractivity contribution >= 4 is 28.5 Å². The first-order chi connectivity index (χ1) is 9.54. The summed E-state index contributed by atoms with van der Waals surface area (Å²) >= 11 is 5.90. The molecule has 0 unspecified atom stereocenters. The summed E-state index contributed by atoms with van der Waals surface area (Å²) in [5.41, 5.74) is 1.02. The maximum atomic E-state index is 11.3. The predicted octanol–water partition coefficient (Wildman–Crippen LogP) is 2.82. The third-order valence-electron chi connectivity index (χ3n) is 2.98. The van der Waals surface area contributed by atoms with Crippen LogP contribution in [0.25, 0.3) is 22.4 Å². The number of pyridine rings is 1. The zero-order chi connectivity index (χ0) is 14.3. The minimum absolute atomic E-state index is 0.0431. The molecule has 0 aliphatic heterocycles. The molecule has 0 aliphatic carbocycles. The van der Waals surface area contributed by atoms with E-state index in [0.29, 0.717) is 27.4 Å². The fraction of sp³-hybridized carbons (Fsp3) is 0.0667. The van der Waals surface area contributed by atoms with E-state index in [9.17, 15) is 9.90 Å². The van der Waals surface area contributed by atoms with Gasteiger partial charge in [0.1, 0.15) is 11.5 Å². The summed E-state index contributed by atoms with van der Waals surface area (Å²) in [7, 11) is 0. The lowest BCUT2D eigenvalue weighted by Gasteiger charge is -2.09. The highest BCUT2D eigenvalue weighted by Crippen LogP contribution is 2.27. The number of carbonyl (C=O) groups is 1. The first-order valence-electron chi connectivity index (χ1n) is 5.93. The van der Waals surface area contributed by atoms with E-state index in [1.54, 1.807) is 30.3 Å². The van der Waals surface area contributed by atoms with Gasteiger partial charge in [0, 0.05) is 16.0 Å². The van der Waals surface area contributed by atoms with Crippen LogP contribution >= 0.6 is 11.6 Å². The molecule has 0 bridgehead atoms. The molecule has 5 heteroatoms. The van der Waals surface area contributed by atoms with Crippen LogP contribution in [0, 0.1) is 6.92 Å². The number of hydrogen-bond acceptors (Lipinski definition) is 4. The third kappa shape index (κ3) is 2.14. The van der Waals surface area contributed by atoms with Crippen molar-refractivity contribution < 1.29 is 14.3 Å². The average Bonchev–Trinajstić information content (AvgIpc) is 2.84. The highest BCUT2D eigenvalue weighted by Gasteiger charge is 2.11. The van der Waals surface area contributed by atoms with Crippen LogP contribution in [-0.2, 0) is 0 Å². The van der Waals surface area contributed by atoms with Gasteiger partial charge in [-0.1, -0.05) is 11.6 Å². The standard InChI is InChI=1S/C15H10ClNO3/c1-8-2-5-14(20-8)13-7-11(15(18)19)10-6-9(16)3-4-12(10)17-13/h2-7H,1H3,(H,18,19)/p-1. The number of carboxylic acid groups (broad SMARTS) is 1. The van der Waals surface area contributed by atoms with E-state index in [1.165, 1.54) is 6.07 Å². The quantitative estimate of drug-likeness (QED) is 0.726. The van der Waals surface area contributed by atoms with Crippen molar-refractivity contribution in [3.05, 3.63) is 52.7 Å². The molecule has 3 aromatic rings. The minimum atomic E-state index is -1.27. The summed E-state index contributed by atoms with van der Waals surface area (Å²) in [6, 6.07) is 9.87. The Balaban J connectivity index is 2.31. The minimum Gasteiger partial charge on any atom is -0.545 e. The number of aromatic nitrogens is 1. The molecular weight excluding hydrogens is 278 g/mol. The molecule has 20 heavy (non-hydrogen) atoms. The number of carbonyl (C=O) groups excluding carboxylic acids is 1. The fourth-order valence-electron chi connectivity index (χ4n) is 2.07. The van der Waals surface area contributed by atoms with E-state index in [2.05, 4.69) is 4.98 Å². The van der Waals surface area contributed by atoms with Gasteiger partial charge < -0.3 is 14.3 Å². The van der Waals surface area contributed by atoms with Gasteiger partial charge in [-0.2, -0.15) is 0 Å². The molecule has 0 saturated carbocycles. The van der Waals surface area contributed by atoms with E-state index < -0.39 is 5.97 Å². The van der Waals surface area contributed by atoms with Crippen LogP contribution in [0.15, 0.2) is 40.8 Å². The molecule has 0 spiro atoms. The number of rotatable bonds is 2. The predicted molar refractivity (Wildman–Crippen MR) is 73.5 cm³/mol. The Morgan fingerprint density at radius 1 is 1.25 bits per heavy atom. The van der Waals surface area contributed by atoms with Crippen LogP contribution in [-0.4, -0.2) is 11.0 Å². The summed E-state index contributed by atoms with van der Waals surface area (Å²) in [6.07, 6.45) is 0. The van der Waals surface area contributed by atoms with Crippen molar-refractivity contribution in [1.29, 1.82) is 0 Å². The van der Waals surface area contributed by atoms with E-state index in [1.807, 2.05) is 6.92 Å². The number of aryl methyl sites for hydroxylation is 1. The molecule has 0 aliphatic rings. The Bertz CT molecular complexity index is 823. The van der Waals surface area contributed by atoms with Crippen molar-refractivity contribution in [3.8, 4) is 11.5 Å². The molecule has 1 aromatic carbocycles. The van der Waals surface area contributed by atoms with Gasteiger partial charge in [0.2, 0.25) is 0 Å². The zero-order valence-corrected chi connectivity index (χ0v) is 11.3. The molecule has 0 N–H and O–H groups in total. The van der Waals surface area contributed by atoms with Crippen LogP contribution in [0.5, 0.6) is 0 Å². The van der Waals surface area contributed by atoms with Crippen molar-refractivity contribution in [2.24, 2.45) is 0 Å². The fourth-order valence-corrected chi connectivity index (χ4v) is 2.24. The molecule has 2 heterocycles. The Morgan fingerprint density at radius 2 is 2.05 bits per heavy atom. The smallest absolute Gasteiger partial charge is 0.152 e. The number of aromatic carboxylic acids is 1. The van der Waals surface area contributed by atoms with Crippen LogP contribution < -0.4 is 5.11 Å². The Morgan fingerprint density at radius 3 is 2.70 bits per heavy atom. The molecule has 100 valence electrons. The molecule has 3 rings (SSSR count). The highest BCUT2D eigenvalue weighted by molar-refractivity contribution is 6.31. The van der Waals surface area contributed by atoms with Crippen molar-refractivity contribution in [2.45, 2.75) is 6.92 Å². The van der Waals surface area contributed by atoms with Crippen molar-refractivity contribution in [3.63, 3.8) is 0 Å². The lowest BCUT2D eigenvalue weighted by Crippen LogP contribution is -2.22. The van der Waals surface area contributed by atoms with Crippen LogP contribution in [0.4, 0.5) is 0 Å². The molecule has 4 nitrogen and oxygen atoms in total. The monoisotopic (exact) mass is 286 g/mol. The van der Waals surface area contributed by atoms with Gasteiger partial charge in [-0.3, -0.25) is 0 Å². The van der Waals surface area contributed by atoms with Gasteiger partial charge in [-0.25, -0.2) is 4.98 Å². The van der Waals surface area contributed by atoms with Crippen LogP contribution in [0.3, 0.4) is 0 Å². The lowest BCUT2D eigenvalue weighted by atomic mass is 10.1. The van der Waals surface area contributed by atoms with E-state index >= 15 is 0 Å². The van der Waals surface area contributed by atoms with Crippen LogP contribution in [0.1, 0.15) is 16.1 Å². The SMILES string of the molecule is Cc1ccc(-c2cc(C(=O)[O-])c3cc(Cl)ccc3n2)o1. The zero-order valence-electron chi connectivity index (χ0n) is 10.5. The van der Waals surface area contributed by atoms with E-state index in [0.717, 1.165) is 5.76 Å². The number of furan rings is 1. The Kier molecular flexibility index (Phi) is 2.95. The maximum Gasteiger partial charge on any atom is 0.152 e. The molecule has 0 radical (unpaired) electrons. The molecule has 0 amide bonds. The second kappa shape index (κ2) is 4.65. The Labute approximate surface area is 119 Å². The second-order valence-corrected chi connectivity index (χ2v) is 4.85. The first kappa shape index (κ1) is 12.7. The average molecular weight is 287 g/mol. The summed E-state index contributed by atoms with van der Waals surface area (Å²) in [5.74, 6) is -0.0287.